The monoisotopic (exact) mass is 291 g/mol. The van der Waals surface area contributed by atoms with Gasteiger partial charge in [0.2, 0.25) is 11.6 Å². The van der Waals surface area contributed by atoms with E-state index < -0.39 is 15.5 Å². The van der Waals surface area contributed by atoms with Crippen LogP contribution in [0.5, 0.6) is 11.6 Å². The molecule has 0 radical (unpaired) electrons. The van der Waals surface area contributed by atoms with Crippen LogP contribution in [0, 0.1) is 20.2 Å². The lowest BCUT2D eigenvalue weighted by Gasteiger charge is -2.07. The van der Waals surface area contributed by atoms with Crippen molar-refractivity contribution in [1.82, 2.24) is 9.97 Å². The van der Waals surface area contributed by atoms with Gasteiger partial charge in [-0.3, -0.25) is 20.2 Å². The van der Waals surface area contributed by atoms with E-state index in [1.54, 1.807) is 0 Å². The second-order valence-corrected chi connectivity index (χ2v) is 3.71. The molecule has 0 saturated carbocycles. The zero-order chi connectivity index (χ0) is 15.4. The number of hydrogen-bond acceptors (Lipinski definition) is 8. The Balaban J connectivity index is 2.50. The minimum Gasteiger partial charge on any atom is -0.426 e. The first kappa shape index (κ1) is 14.1. The number of rotatable bonds is 5. The molecule has 0 atom stereocenters. The van der Waals surface area contributed by atoms with Crippen LogP contribution in [0.4, 0.5) is 17.2 Å². The summed E-state index contributed by atoms with van der Waals surface area (Å²) in [4.78, 5) is 28.0. The normalized spacial score (nSPS) is 9.95. The average Bonchev–Trinajstić information content (AvgIpc) is 2.47. The molecule has 0 aliphatic heterocycles. The van der Waals surface area contributed by atoms with Crippen molar-refractivity contribution >= 4 is 17.2 Å². The highest BCUT2D eigenvalue weighted by molar-refractivity contribution is 5.62. The zero-order valence-electron chi connectivity index (χ0n) is 10.7. The first-order chi connectivity index (χ1) is 10.0. The summed E-state index contributed by atoms with van der Waals surface area (Å²) >= 11 is 0. The molecule has 1 aromatic carbocycles. The van der Waals surface area contributed by atoms with Gasteiger partial charge in [-0.15, -0.1) is 0 Å². The van der Waals surface area contributed by atoms with E-state index in [1.165, 1.54) is 31.3 Å². The minimum absolute atomic E-state index is 0.0522. The molecule has 0 aliphatic carbocycles. The second kappa shape index (κ2) is 5.77. The van der Waals surface area contributed by atoms with Gasteiger partial charge in [-0.2, -0.15) is 4.98 Å². The Morgan fingerprint density at radius 1 is 1.14 bits per heavy atom. The molecule has 0 amide bonds. The van der Waals surface area contributed by atoms with Crippen molar-refractivity contribution < 1.29 is 14.6 Å². The number of nitrogens with zero attached hydrogens (tertiary/aromatic N) is 4. The van der Waals surface area contributed by atoms with Gasteiger partial charge < -0.3 is 10.1 Å². The van der Waals surface area contributed by atoms with Gasteiger partial charge in [-0.05, 0) is 6.07 Å². The van der Waals surface area contributed by atoms with Crippen LogP contribution < -0.4 is 10.1 Å². The summed E-state index contributed by atoms with van der Waals surface area (Å²) in [6, 6.07) is 5.51. The molecule has 1 aromatic heterocycles. The fourth-order valence-corrected chi connectivity index (χ4v) is 1.58. The molecule has 0 aliphatic rings. The van der Waals surface area contributed by atoms with E-state index >= 15 is 0 Å². The van der Waals surface area contributed by atoms with Gasteiger partial charge in [0.05, 0.1) is 9.85 Å². The number of nitro groups is 2. The maximum Gasteiger partial charge on any atom is 0.373 e. The molecule has 1 heterocycles. The Bertz CT molecular complexity index is 705. The highest BCUT2D eigenvalue weighted by Gasteiger charge is 2.26. The van der Waals surface area contributed by atoms with E-state index in [9.17, 15) is 20.2 Å². The largest absolute Gasteiger partial charge is 0.426 e. The predicted molar refractivity (Wildman–Crippen MR) is 71.4 cm³/mol. The maximum atomic E-state index is 11.1. The highest BCUT2D eigenvalue weighted by atomic mass is 16.6. The first-order valence-electron chi connectivity index (χ1n) is 5.63. The third-order valence-corrected chi connectivity index (χ3v) is 2.48. The SMILES string of the molecule is CNc1ncnc(Oc2ccccc2[N+](=O)[O-])c1[N+](=O)[O-]. The van der Waals surface area contributed by atoms with Crippen LogP contribution in [-0.4, -0.2) is 26.9 Å². The van der Waals surface area contributed by atoms with Crippen molar-refractivity contribution in [3.63, 3.8) is 0 Å². The smallest absolute Gasteiger partial charge is 0.373 e. The molecule has 0 unspecified atom stereocenters. The Morgan fingerprint density at radius 3 is 2.48 bits per heavy atom. The molecule has 2 rings (SSSR count). The van der Waals surface area contributed by atoms with Gasteiger partial charge in [-0.25, -0.2) is 4.98 Å². The molecule has 1 N–H and O–H groups in total. The van der Waals surface area contributed by atoms with Crippen LogP contribution in [0.25, 0.3) is 0 Å². The van der Waals surface area contributed by atoms with Crippen LogP contribution in [0.2, 0.25) is 0 Å². The summed E-state index contributed by atoms with van der Waals surface area (Å²) in [6.07, 6.45) is 1.06. The molecule has 10 nitrogen and oxygen atoms in total. The fourth-order valence-electron chi connectivity index (χ4n) is 1.58. The number of para-hydroxylation sites is 2. The molecule has 0 fully saturated rings. The van der Waals surface area contributed by atoms with Gasteiger partial charge in [0.15, 0.2) is 0 Å². The first-order valence-corrected chi connectivity index (χ1v) is 5.63. The summed E-state index contributed by atoms with van der Waals surface area (Å²) in [7, 11) is 1.45. The number of anilines is 1. The van der Waals surface area contributed by atoms with Gasteiger partial charge >= 0.3 is 17.3 Å². The average molecular weight is 291 g/mol. The van der Waals surface area contributed by atoms with Gasteiger partial charge in [-0.1, -0.05) is 12.1 Å². The number of ether oxygens (including phenoxy) is 1. The van der Waals surface area contributed by atoms with E-state index in [4.69, 9.17) is 4.74 Å². The third-order valence-electron chi connectivity index (χ3n) is 2.48. The van der Waals surface area contributed by atoms with Crippen molar-refractivity contribution in [1.29, 1.82) is 0 Å². The molecule has 0 saturated heterocycles. The van der Waals surface area contributed by atoms with Gasteiger partial charge in [0.1, 0.15) is 6.33 Å². The summed E-state index contributed by atoms with van der Waals surface area (Å²) in [5, 5.41) is 24.5. The van der Waals surface area contributed by atoms with Crippen LogP contribution in [-0.2, 0) is 0 Å². The van der Waals surface area contributed by atoms with Gasteiger partial charge in [0.25, 0.3) is 0 Å². The van der Waals surface area contributed by atoms with E-state index in [0.29, 0.717) is 0 Å². The third kappa shape index (κ3) is 2.83. The molecular formula is C11H9N5O5. The quantitative estimate of drug-likeness (QED) is 0.654. The standard InChI is InChI=1S/C11H9N5O5/c1-12-10-9(16(19)20)11(14-6-13-10)21-8-5-3-2-4-7(8)15(17)18/h2-6H,1H3,(H,12,13,14). The van der Waals surface area contributed by atoms with Gasteiger partial charge in [0, 0.05) is 13.1 Å². The van der Waals surface area contributed by atoms with Crippen LogP contribution in [0.15, 0.2) is 30.6 Å². The van der Waals surface area contributed by atoms with Crippen LogP contribution >= 0.6 is 0 Å². The van der Waals surface area contributed by atoms with Crippen LogP contribution in [0.3, 0.4) is 0 Å². The van der Waals surface area contributed by atoms with E-state index in [-0.39, 0.29) is 23.1 Å². The lowest BCUT2D eigenvalue weighted by atomic mass is 10.3. The van der Waals surface area contributed by atoms with E-state index in [2.05, 4.69) is 15.3 Å². The maximum absolute atomic E-state index is 11.1. The molecular weight excluding hydrogens is 282 g/mol. The lowest BCUT2D eigenvalue weighted by Crippen LogP contribution is -2.03. The van der Waals surface area contributed by atoms with Crippen molar-refractivity contribution in [3.8, 4) is 11.6 Å². The molecule has 10 heteroatoms. The molecule has 0 spiro atoms. The second-order valence-electron chi connectivity index (χ2n) is 3.71. The number of benzene rings is 1. The molecule has 0 bridgehead atoms. The number of aromatic nitrogens is 2. The Morgan fingerprint density at radius 2 is 1.86 bits per heavy atom. The predicted octanol–water partition coefficient (Wildman–Crippen LogP) is 2.13. The summed E-state index contributed by atoms with van der Waals surface area (Å²) < 4.78 is 5.23. The zero-order valence-corrected chi connectivity index (χ0v) is 10.7. The Labute approximate surface area is 117 Å². The summed E-state index contributed by atoms with van der Waals surface area (Å²) in [5.74, 6) is -0.580. The van der Waals surface area contributed by atoms with E-state index in [0.717, 1.165) is 6.33 Å². The van der Waals surface area contributed by atoms with Crippen molar-refractivity contribution in [2.75, 3.05) is 12.4 Å². The van der Waals surface area contributed by atoms with Crippen molar-refractivity contribution in [2.45, 2.75) is 0 Å². The summed E-state index contributed by atoms with van der Waals surface area (Å²) in [5.41, 5.74) is -0.824. The number of nitrogens with one attached hydrogen (secondary N) is 1. The van der Waals surface area contributed by atoms with Crippen LogP contribution in [0.1, 0.15) is 0 Å². The fraction of sp³-hybridized carbons (Fsp3) is 0.0909. The van der Waals surface area contributed by atoms with Crippen molar-refractivity contribution in [2.24, 2.45) is 0 Å². The number of hydrogen-bond donors (Lipinski definition) is 1. The number of nitro benzene ring substituents is 1. The Kier molecular flexibility index (Phi) is 3.88. The molecule has 2 aromatic rings. The molecule has 108 valence electrons. The summed E-state index contributed by atoms with van der Waals surface area (Å²) in [6.45, 7) is 0. The molecule has 21 heavy (non-hydrogen) atoms. The van der Waals surface area contributed by atoms with E-state index in [1.807, 2.05) is 0 Å². The topological polar surface area (TPSA) is 133 Å². The minimum atomic E-state index is -0.726. The highest BCUT2D eigenvalue weighted by Crippen LogP contribution is 2.36. The van der Waals surface area contributed by atoms with Crippen molar-refractivity contribution in [3.05, 3.63) is 50.8 Å². The lowest BCUT2D eigenvalue weighted by molar-refractivity contribution is -0.387. The Hall–Kier alpha value is -3.30.